The van der Waals surface area contributed by atoms with Crippen LogP contribution in [0.4, 0.5) is 5.69 Å². The van der Waals surface area contributed by atoms with E-state index in [9.17, 15) is 25.4 Å². The van der Waals surface area contributed by atoms with E-state index < -0.39 is 28.6 Å². The van der Waals surface area contributed by atoms with Gasteiger partial charge < -0.3 is 19.9 Å². The maximum Gasteiger partial charge on any atom is 0.269 e. The van der Waals surface area contributed by atoms with E-state index >= 15 is 0 Å². The third kappa shape index (κ3) is 2.81. The van der Waals surface area contributed by atoms with E-state index in [0.717, 1.165) is 5.56 Å². The molecule has 2 heterocycles. The predicted octanol–water partition coefficient (Wildman–Crippen LogP) is 1.30. The molecule has 0 saturated heterocycles. The number of nitro benzene ring substituents is 1. The highest BCUT2D eigenvalue weighted by Crippen LogP contribution is 2.67. The summed E-state index contributed by atoms with van der Waals surface area (Å²) in [5.41, 5.74) is 1.47. The number of imidazole rings is 1. The molecule has 0 unspecified atom stereocenters. The molecule has 3 aromatic rings. The molecule has 30 heavy (non-hydrogen) atoms. The van der Waals surface area contributed by atoms with Crippen LogP contribution < -0.4 is 0 Å². The summed E-state index contributed by atoms with van der Waals surface area (Å²) in [6.45, 7) is -0.162. The number of hydrogen-bond acceptors (Lipinski definition) is 9. The maximum atomic E-state index is 10.8. The van der Waals surface area contributed by atoms with Crippen molar-refractivity contribution in [3.8, 4) is 0 Å². The number of fused-ring (bicyclic) bond motifs is 2. The van der Waals surface area contributed by atoms with Crippen molar-refractivity contribution in [2.45, 2.75) is 35.4 Å². The lowest BCUT2D eigenvalue weighted by Crippen LogP contribution is -2.35. The molecule has 2 aliphatic rings. The third-order valence-electron chi connectivity index (χ3n) is 6.32. The molecule has 0 bridgehead atoms. The molecule has 2 fully saturated rings. The Kier molecular flexibility index (Phi) is 4.51. The number of nitro groups is 1. The van der Waals surface area contributed by atoms with Crippen molar-refractivity contribution in [1.29, 1.82) is 0 Å². The largest absolute Gasteiger partial charge is 0.396 e. The van der Waals surface area contributed by atoms with Gasteiger partial charge in [0.1, 0.15) is 23.0 Å². The summed E-state index contributed by atoms with van der Waals surface area (Å²) < 4.78 is 1.77. The molecule has 0 aliphatic heterocycles. The van der Waals surface area contributed by atoms with Crippen LogP contribution in [0.5, 0.6) is 0 Å². The minimum atomic E-state index is -1.00. The highest BCUT2D eigenvalue weighted by molar-refractivity contribution is 7.98. The normalized spacial score (nSPS) is 29.8. The van der Waals surface area contributed by atoms with Gasteiger partial charge in [0.2, 0.25) is 0 Å². The molecule has 2 aromatic heterocycles. The van der Waals surface area contributed by atoms with Crippen LogP contribution in [0.1, 0.15) is 18.0 Å². The van der Waals surface area contributed by atoms with Gasteiger partial charge in [-0.15, -0.1) is 0 Å². The van der Waals surface area contributed by atoms with Crippen molar-refractivity contribution in [2.75, 3.05) is 6.61 Å². The Balaban J connectivity index is 1.40. The van der Waals surface area contributed by atoms with Crippen LogP contribution in [-0.2, 0) is 5.75 Å². The number of thioether (sulfide) groups is 1. The smallest absolute Gasteiger partial charge is 0.269 e. The zero-order valence-electron chi connectivity index (χ0n) is 15.7. The molecule has 0 radical (unpaired) electrons. The first kappa shape index (κ1) is 19.4. The number of aromatic nitrogens is 4. The van der Waals surface area contributed by atoms with Gasteiger partial charge in [-0.3, -0.25) is 10.1 Å². The van der Waals surface area contributed by atoms with E-state index in [2.05, 4.69) is 15.0 Å². The highest BCUT2D eigenvalue weighted by atomic mass is 32.2. The SMILES string of the molecule is O=[N+]([O-])c1ccc(CSc2ncnc3c2ncn3[C@H]2[C@H](O)[C@H](O)[C@@]3(CO)C[C@H]23)cc1. The second kappa shape index (κ2) is 6.98. The second-order valence-corrected chi connectivity index (χ2v) is 8.81. The molecule has 5 atom stereocenters. The quantitative estimate of drug-likeness (QED) is 0.228. The zero-order valence-corrected chi connectivity index (χ0v) is 16.5. The summed E-state index contributed by atoms with van der Waals surface area (Å²) in [4.78, 5) is 23.5. The van der Waals surface area contributed by atoms with E-state index in [1.807, 2.05) is 0 Å². The monoisotopic (exact) mass is 429 g/mol. The van der Waals surface area contributed by atoms with Gasteiger partial charge >= 0.3 is 0 Å². The van der Waals surface area contributed by atoms with E-state index in [4.69, 9.17) is 0 Å². The van der Waals surface area contributed by atoms with Crippen LogP contribution in [0.15, 0.2) is 41.9 Å². The molecule has 11 heteroatoms. The Hall–Kier alpha value is -2.60. The lowest BCUT2D eigenvalue weighted by atomic mass is 10.0. The summed E-state index contributed by atoms with van der Waals surface area (Å²) in [5.74, 6) is 0.522. The number of aliphatic hydroxyl groups is 3. The van der Waals surface area contributed by atoms with Crippen LogP contribution in [0.3, 0.4) is 0 Å². The summed E-state index contributed by atoms with van der Waals surface area (Å²) >= 11 is 1.44. The fourth-order valence-corrected chi connectivity index (χ4v) is 5.47. The van der Waals surface area contributed by atoms with Crippen molar-refractivity contribution in [3.05, 3.63) is 52.6 Å². The summed E-state index contributed by atoms with van der Waals surface area (Å²) in [6.07, 6.45) is 1.70. The van der Waals surface area contributed by atoms with Gasteiger partial charge in [0, 0.05) is 23.3 Å². The first-order valence-corrected chi connectivity index (χ1v) is 10.5. The predicted molar refractivity (Wildman–Crippen MR) is 107 cm³/mol. The average molecular weight is 429 g/mol. The van der Waals surface area contributed by atoms with Crippen LogP contribution in [0.25, 0.3) is 11.2 Å². The molecule has 10 nitrogen and oxygen atoms in total. The average Bonchev–Trinajstić information content (AvgIpc) is 3.27. The molecule has 2 aliphatic carbocycles. The summed E-state index contributed by atoms with van der Waals surface area (Å²) in [7, 11) is 0. The zero-order chi connectivity index (χ0) is 21.0. The number of hydrogen-bond donors (Lipinski definition) is 3. The highest BCUT2D eigenvalue weighted by Gasteiger charge is 2.71. The van der Waals surface area contributed by atoms with Gasteiger partial charge in [0.25, 0.3) is 5.69 Å². The third-order valence-corrected chi connectivity index (χ3v) is 7.37. The van der Waals surface area contributed by atoms with Crippen LogP contribution >= 0.6 is 11.8 Å². The molecular formula is C19H19N5O5S. The number of nitrogens with zero attached hydrogens (tertiary/aromatic N) is 5. The number of benzene rings is 1. The van der Waals surface area contributed by atoms with Crippen molar-refractivity contribution in [3.63, 3.8) is 0 Å². The first-order valence-electron chi connectivity index (χ1n) is 9.47. The lowest BCUT2D eigenvalue weighted by Gasteiger charge is -2.23. The van der Waals surface area contributed by atoms with E-state index in [1.54, 1.807) is 23.0 Å². The van der Waals surface area contributed by atoms with E-state index in [-0.39, 0.29) is 18.2 Å². The number of rotatable bonds is 6. The van der Waals surface area contributed by atoms with Gasteiger partial charge in [0.15, 0.2) is 5.65 Å². The standard InChI is InChI=1S/C19H19N5O5S/c25-7-19-5-12(19)14(15(26)16(19)27)23-9-22-13-17(23)20-8-21-18(13)30-6-10-1-3-11(4-2-10)24(28)29/h1-4,8-9,12,14-16,25-27H,5-7H2/t12-,14-,15+,16+,19-/m1/s1. The molecule has 0 amide bonds. The fourth-order valence-electron chi connectivity index (χ4n) is 4.57. The van der Waals surface area contributed by atoms with Gasteiger partial charge in [-0.25, -0.2) is 15.0 Å². The minimum Gasteiger partial charge on any atom is -0.396 e. The number of aliphatic hydroxyl groups excluding tert-OH is 3. The Bertz CT molecular complexity index is 1120. The molecule has 156 valence electrons. The Morgan fingerprint density at radius 3 is 2.67 bits per heavy atom. The topological polar surface area (TPSA) is 147 Å². The van der Waals surface area contributed by atoms with Gasteiger partial charge in [-0.2, -0.15) is 0 Å². The van der Waals surface area contributed by atoms with Gasteiger partial charge in [0.05, 0.1) is 30.0 Å². The van der Waals surface area contributed by atoms with Crippen molar-refractivity contribution in [1.82, 2.24) is 19.5 Å². The summed E-state index contributed by atoms with van der Waals surface area (Å²) in [6, 6.07) is 5.95. The van der Waals surface area contributed by atoms with E-state index in [1.165, 1.54) is 30.2 Å². The molecule has 5 rings (SSSR count). The van der Waals surface area contributed by atoms with Crippen LogP contribution in [0, 0.1) is 21.4 Å². The van der Waals surface area contributed by atoms with Crippen molar-refractivity contribution in [2.24, 2.45) is 11.3 Å². The Morgan fingerprint density at radius 2 is 2.00 bits per heavy atom. The molecular weight excluding hydrogens is 410 g/mol. The molecule has 2 saturated carbocycles. The lowest BCUT2D eigenvalue weighted by molar-refractivity contribution is -0.384. The van der Waals surface area contributed by atoms with E-state index in [0.29, 0.717) is 28.4 Å². The summed E-state index contributed by atoms with van der Waals surface area (Å²) in [5, 5.41) is 42.1. The van der Waals surface area contributed by atoms with Gasteiger partial charge in [-0.05, 0) is 17.9 Å². The van der Waals surface area contributed by atoms with Crippen molar-refractivity contribution < 1.29 is 20.2 Å². The molecule has 1 aromatic carbocycles. The maximum absolute atomic E-state index is 10.8. The molecule has 0 spiro atoms. The Morgan fingerprint density at radius 1 is 1.23 bits per heavy atom. The van der Waals surface area contributed by atoms with Crippen LogP contribution in [-0.4, -0.2) is 58.6 Å². The second-order valence-electron chi connectivity index (χ2n) is 7.84. The minimum absolute atomic E-state index is 0.0314. The van der Waals surface area contributed by atoms with Crippen molar-refractivity contribution >= 4 is 28.6 Å². The Labute approximate surface area is 174 Å². The van der Waals surface area contributed by atoms with Gasteiger partial charge in [-0.1, -0.05) is 23.9 Å². The fraction of sp³-hybridized carbons (Fsp3) is 0.421. The first-order chi connectivity index (χ1) is 14.5. The number of non-ortho nitro benzene ring substituents is 1. The van der Waals surface area contributed by atoms with Crippen LogP contribution in [0.2, 0.25) is 0 Å². The molecule has 3 N–H and O–H groups in total.